The van der Waals surface area contributed by atoms with Crippen LogP contribution >= 0.6 is 11.3 Å². The van der Waals surface area contributed by atoms with Crippen LogP contribution < -0.4 is 10.2 Å². The molecule has 12 heteroatoms. The minimum atomic E-state index is -0.754. The molecule has 0 aliphatic heterocycles. The van der Waals surface area contributed by atoms with E-state index in [0.29, 0.717) is 17.0 Å². The molecule has 0 radical (unpaired) electrons. The summed E-state index contributed by atoms with van der Waals surface area (Å²) in [4.78, 5) is 34.1. The van der Waals surface area contributed by atoms with Crippen molar-refractivity contribution in [3.63, 3.8) is 0 Å². The molecule has 1 aromatic carbocycles. The number of nitro groups is 2. The predicted molar refractivity (Wildman–Crippen MR) is 106 cm³/mol. The highest BCUT2D eigenvalue weighted by molar-refractivity contribution is 7.19. The van der Waals surface area contributed by atoms with Crippen LogP contribution in [0.4, 0.5) is 32.8 Å². The van der Waals surface area contributed by atoms with Gasteiger partial charge >= 0.3 is 10.7 Å². The molecule has 0 spiro atoms. The lowest BCUT2D eigenvalue weighted by molar-refractivity contribution is -0.389. The first kappa shape index (κ1) is 20.9. The maximum Gasteiger partial charge on any atom is 0.333 e. The number of carbonyl (C=O) groups is 1. The number of carbonyl (C=O) groups excluding carboxylic acids is 1. The van der Waals surface area contributed by atoms with Gasteiger partial charge in [0.1, 0.15) is 11.8 Å². The summed E-state index contributed by atoms with van der Waals surface area (Å²) < 4.78 is 0. The summed E-state index contributed by atoms with van der Waals surface area (Å²) in [6.45, 7) is 6.87. The van der Waals surface area contributed by atoms with Gasteiger partial charge in [0, 0.05) is 25.7 Å². The van der Waals surface area contributed by atoms with Crippen molar-refractivity contribution in [2.75, 3.05) is 23.3 Å². The second-order valence-corrected chi connectivity index (χ2v) is 6.55. The molecule has 2 aromatic rings. The van der Waals surface area contributed by atoms with E-state index in [2.05, 4.69) is 20.4 Å². The van der Waals surface area contributed by atoms with E-state index in [4.69, 9.17) is 0 Å². The van der Waals surface area contributed by atoms with Gasteiger partial charge in [0.25, 0.3) is 0 Å². The van der Waals surface area contributed by atoms with Crippen LogP contribution in [0.15, 0.2) is 34.5 Å². The van der Waals surface area contributed by atoms with Crippen molar-refractivity contribution < 1.29 is 14.6 Å². The minimum absolute atomic E-state index is 0.196. The number of azo groups is 1. The third kappa shape index (κ3) is 4.85. The molecule has 0 saturated carbocycles. The third-order valence-corrected chi connectivity index (χ3v) is 4.69. The number of nitrogens with one attached hydrogen (secondary N) is 1. The van der Waals surface area contributed by atoms with Crippen molar-refractivity contribution in [3.8, 4) is 0 Å². The van der Waals surface area contributed by atoms with Gasteiger partial charge in [0.15, 0.2) is 0 Å². The van der Waals surface area contributed by atoms with E-state index in [-0.39, 0.29) is 16.6 Å². The Balaban J connectivity index is 2.46. The standard InChI is InChI=1S/C16H18N6O5S/c1-4-20(5-2)11-6-7-12(13(8-11)17-10(3)23)18-19-16-14(21(24)25)9-15(28-16)22(26)27/h6-9H,4-5H2,1-3H3,(H,17,23). The minimum Gasteiger partial charge on any atom is -0.372 e. The number of anilines is 2. The number of rotatable bonds is 8. The second-order valence-electron chi connectivity index (χ2n) is 5.54. The van der Waals surface area contributed by atoms with E-state index in [1.165, 1.54) is 6.92 Å². The molecular formula is C16H18N6O5S. The molecule has 11 nitrogen and oxygen atoms in total. The quantitative estimate of drug-likeness (QED) is 0.379. The smallest absolute Gasteiger partial charge is 0.333 e. The number of hydrogen-bond donors (Lipinski definition) is 1. The molecule has 0 aliphatic carbocycles. The zero-order chi connectivity index (χ0) is 20.8. The maximum atomic E-state index is 11.5. The van der Waals surface area contributed by atoms with Crippen LogP contribution in [0.5, 0.6) is 0 Å². The summed E-state index contributed by atoms with van der Waals surface area (Å²) in [5.74, 6) is -0.314. The van der Waals surface area contributed by atoms with Crippen LogP contribution in [0.1, 0.15) is 20.8 Å². The Bertz CT molecular complexity index is 938. The molecule has 1 aromatic heterocycles. The fraction of sp³-hybridized carbons (Fsp3) is 0.312. The molecule has 28 heavy (non-hydrogen) atoms. The van der Waals surface area contributed by atoms with E-state index in [9.17, 15) is 25.0 Å². The predicted octanol–water partition coefficient (Wildman–Crippen LogP) is 4.78. The van der Waals surface area contributed by atoms with Crippen molar-refractivity contribution in [1.82, 2.24) is 0 Å². The first-order valence-electron chi connectivity index (χ1n) is 8.27. The van der Waals surface area contributed by atoms with Crippen molar-refractivity contribution in [2.45, 2.75) is 20.8 Å². The molecular weight excluding hydrogens is 388 g/mol. The Morgan fingerprint density at radius 1 is 1.14 bits per heavy atom. The molecule has 0 saturated heterocycles. The second kappa shape index (κ2) is 8.99. The van der Waals surface area contributed by atoms with Crippen LogP contribution in [0.3, 0.4) is 0 Å². The highest BCUT2D eigenvalue weighted by Crippen LogP contribution is 2.42. The average Bonchev–Trinajstić information content (AvgIpc) is 3.06. The number of hydrogen-bond acceptors (Lipinski definition) is 9. The molecule has 0 fully saturated rings. The molecule has 0 unspecified atom stereocenters. The Hall–Kier alpha value is -3.41. The van der Waals surface area contributed by atoms with E-state index in [1.54, 1.807) is 18.2 Å². The van der Waals surface area contributed by atoms with Crippen molar-refractivity contribution in [1.29, 1.82) is 0 Å². The first-order chi connectivity index (χ1) is 13.3. The van der Waals surface area contributed by atoms with Gasteiger partial charge in [0.05, 0.1) is 15.5 Å². The molecule has 2 rings (SSSR count). The highest BCUT2D eigenvalue weighted by atomic mass is 32.1. The van der Waals surface area contributed by atoms with Crippen LogP contribution in [-0.2, 0) is 4.79 Å². The van der Waals surface area contributed by atoms with E-state index >= 15 is 0 Å². The van der Waals surface area contributed by atoms with Crippen LogP contribution in [0.25, 0.3) is 0 Å². The van der Waals surface area contributed by atoms with E-state index in [0.717, 1.165) is 24.8 Å². The van der Waals surface area contributed by atoms with Crippen LogP contribution in [0.2, 0.25) is 0 Å². The molecule has 148 valence electrons. The Kier molecular flexibility index (Phi) is 6.71. The lowest BCUT2D eigenvalue weighted by Crippen LogP contribution is -2.21. The molecule has 0 aliphatic rings. The lowest BCUT2D eigenvalue weighted by atomic mass is 10.2. The van der Waals surface area contributed by atoms with Gasteiger partial charge in [-0.1, -0.05) is 0 Å². The number of nitrogens with zero attached hydrogens (tertiary/aromatic N) is 5. The zero-order valence-corrected chi connectivity index (χ0v) is 16.2. The van der Waals surface area contributed by atoms with Gasteiger partial charge in [-0.15, -0.1) is 10.2 Å². The largest absolute Gasteiger partial charge is 0.372 e. The van der Waals surface area contributed by atoms with Gasteiger partial charge in [0.2, 0.25) is 10.9 Å². The fourth-order valence-corrected chi connectivity index (χ4v) is 3.20. The summed E-state index contributed by atoms with van der Waals surface area (Å²) in [5, 5.41) is 31.8. The zero-order valence-electron chi connectivity index (χ0n) is 15.4. The van der Waals surface area contributed by atoms with E-state index < -0.39 is 20.5 Å². The Labute approximate surface area is 164 Å². The average molecular weight is 406 g/mol. The maximum absolute atomic E-state index is 11.5. The summed E-state index contributed by atoms with van der Waals surface area (Å²) in [6, 6.07) is 5.99. The fourth-order valence-electron chi connectivity index (χ4n) is 2.44. The van der Waals surface area contributed by atoms with Crippen molar-refractivity contribution in [3.05, 3.63) is 44.5 Å². The van der Waals surface area contributed by atoms with Crippen molar-refractivity contribution >= 4 is 50.0 Å². The first-order valence-corrected chi connectivity index (χ1v) is 9.09. The SMILES string of the molecule is CCN(CC)c1ccc(N=Nc2sc([N+](=O)[O-])cc2[N+](=O)[O-])c(NC(C)=O)c1. The van der Waals surface area contributed by atoms with Gasteiger partial charge in [-0.3, -0.25) is 25.0 Å². The molecule has 0 bridgehead atoms. The molecule has 0 atom stereocenters. The van der Waals surface area contributed by atoms with Crippen LogP contribution in [-0.4, -0.2) is 28.8 Å². The third-order valence-electron chi connectivity index (χ3n) is 3.73. The Morgan fingerprint density at radius 2 is 1.82 bits per heavy atom. The van der Waals surface area contributed by atoms with Crippen LogP contribution in [0, 0.1) is 20.2 Å². The monoisotopic (exact) mass is 406 g/mol. The lowest BCUT2D eigenvalue weighted by Gasteiger charge is -2.22. The highest BCUT2D eigenvalue weighted by Gasteiger charge is 2.25. The molecule has 1 N–H and O–H groups in total. The van der Waals surface area contributed by atoms with Gasteiger partial charge in [-0.05, 0) is 43.4 Å². The number of thiophene rings is 1. The Morgan fingerprint density at radius 3 is 2.36 bits per heavy atom. The van der Waals surface area contributed by atoms with Gasteiger partial charge in [-0.2, -0.15) is 0 Å². The van der Waals surface area contributed by atoms with Gasteiger partial charge in [-0.25, -0.2) is 0 Å². The van der Waals surface area contributed by atoms with Crippen molar-refractivity contribution in [2.24, 2.45) is 10.2 Å². The summed E-state index contributed by atoms with van der Waals surface area (Å²) in [7, 11) is 0. The summed E-state index contributed by atoms with van der Waals surface area (Å²) in [6.07, 6.45) is 0. The number of amides is 1. The summed E-state index contributed by atoms with van der Waals surface area (Å²) >= 11 is 0.553. The topological polar surface area (TPSA) is 143 Å². The molecule has 1 amide bonds. The van der Waals surface area contributed by atoms with Gasteiger partial charge < -0.3 is 10.2 Å². The summed E-state index contributed by atoms with van der Waals surface area (Å²) in [5.41, 5.74) is 1.03. The molecule has 1 heterocycles. The number of benzene rings is 1. The normalized spacial score (nSPS) is 10.8. The van der Waals surface area contributed by atoms with E-state index in [1.807, 2.05) is 13.8 Å².